The first-order valence-electron chi connectivity index (χ1n) is 13.1. The van der Waals surface area contributed by atoms with Gasteiger partial charge in [0.15, 0.2) is 0 Å². The van der Waals surface area contributed by atoms with Crippen LogP contribution in [0.4, 0.5) is 19.3 Å². The van der Waals surface area contributed by atoms with Crippen molar-refractivity contribution in [2.24, 2.45) is 17.1 Å². The molecule has 1 aromatic rings. The van der Waals surface area contributed by atoms with Gasteiger partial charge in [-0.25, -0.2) is 13.6 Å². The van der Waals surface area contributed by atoms with Crippen LogP contribution in [0, 0.1) is 22.7 Å². The molecule has 1 spiro atoms. The van der Waals surface area contributed by atoms with Crippen molar-refractivity contribution in [3.63, 3.8) is 0 Å². The maximum Gasteiger partial charge on any atom is 0.314 e. The molecule has 0 bridgehead atoms. The van der Waals surface area contributed by atoms with Gasteiger partial charge in [-0.15, -0.1) is 0 Å². The van der Waals surface area contributed by atoms with Crippen molar-refractivity contribution in [1.82, 2.24) is 10.2 Å². The average Bonchev–Trinajstić information content (AvgIpc) is 3.61. The van der Waals surface area contributed by atoms with Crippen molar-refractivity contribution < 1.29 is 27.9 Å². The molecule has 38 heavy (non-hydrogen) atoms. The van der Waals surface area contributed by atoms with Gasteiger partial charge >= 0.3 is 6.03 Å². The third-order valence-electron chi connectivity index (χ3n) is 8.25. The topological polar surface area (TPSA) is 129 Å². The van der Waals surface area contributed by atoms with E-state index in [-0.39, 0.29) is 38.3 Å². The van der Waals surface area contributed by atoms with Crippen molar-refractivity contribution >= 4 is 23.5 Å². The molecule has 2 atom stereocenters. The molecule has 206 valence electrons. The van der Waals surface area contributed by atoms with Gasteiger partial charge in [0.05, 0.1) is 24.5 Å². The number of halogens is 2. The Morgan fingerprint density at radius 1 is 1.24 bits per heavy atom. The van der Waals surface area contributed by atoms with E-state index >= 15 is 8.78 Å². The predicted molar refractivity (Wildman–Crippen MR) is 135 cm³/mol. The second-order valence-corrected chi connectivity index (χ2v) is 10.8. The number of piperidine rings is 1. The third-order valence-corrected chi connectivity index (χ3v) is 8.25. The number of methoxy groups -OCH3 is 1. The Morgan fingerprint density at radius 2 is 1.87 bits per heavy atom. The normalized spacial score (nSPS) is 22.6. The molecule has 1 unspecified atom stereocenters. The highest BCUT2D eigenvalue weighted by Gasteiger charge is 2.58. The van der Waals surface area contributed by atoms with E-state index in [1.54, 1.807) is 31.2 Å². The number of hydrogen-bond donors (Lipinski definition) is 2. The van der Waals surface area contributed by atoms with Crippen LogP contribution in [0.3, 0.4) is 0 Å². The van der Waals surface area contributed by atoms with Crippen LogP contribution in [0.2, 0.25) is 0 Å². The van der Waals surface area contributed by atoms with Gasteiger partial charge in [0, 0.05) is 37.7 Å². The summed E-state index contributed by atoms with van der Waals surface area (Å²) in [5.74, 6) is -4.69. The number of nitriles is 1. The van der Waals surface area contributed by atoms with Crippen LogP contribution in [-0.2, 0) is 9.59 Å². The van der Waals surface area contributed by atoms with Crippen molar-refractivity contribution in [3.05, 3.63) is 24.3 Å². The van der Waals surface area contributed by atoms with Gasteiger partial charge in [0.25, 0.3) is 0 Å². The largest absolute Gasteiger partial charge is 0.497 e. The first-order valence-corrected chi connectivity index (χ1v) is 13.1. The molecule has 4 rings (SSSR count). The Morgan fingerprint density at radius 3 is 2.37 bits per heavy atom. The van der Waals surface area contributed by atoms with Gasteiger partial charge in [-0.2, -0.15) is 5.26 Å². The van der Waals surface area contributed by atoms with Crippen molar-refractivity contribution in [2.75, 3.05) is 25.1 Å². The summed E-state index contributed by atoms with van der Waals surface area (Å²) in [4.78, 5) is 42.3. The van der Waals surface area contributed by atoms with Gasteiger partial charge < -0.3 is 25.6 Å². The summed E-state index contributed by atoms with van der Waals surface area (Å²) >= 11 is 0. The standard InChI is InChI=1S/C27H35F2N5O4/c1-3-8-27(28,29)15-20(22(35)32-26(17-30)9-10-26)21-16-25(11-13-33(14-12-25)24(31)37)23(36)34(21)18-4-6-19(38-2)7-5-18/h4-7,20-21H,3,8-16H2,1-2H3,(H2,31,37)(H,32,35)/t20-,21?/m0/s1. The van der Waals surface area contributed by atoms with Crippen LogP contribution < -0.4 is 20.7 Å². The van der Waals surface area contributed by atoms with Crippen molar-refractivity contribution in [2.45, 2.75) is 75.8 Å². The maximum absolute atomic E-state index is 15.1. The molecule has 0 radical (unpaired) electrons. The molecule has 2 saturated heterocycles. The summed E-state index contributed by atoms with van der Waals surface area (Å²) in [5, 5.41) is 12.2. The highest BCUT2D eigenvalue weighted by atomic mass is 19.3. The summed E-state index contributed by atoms with van der Waals surface area (Å²) < 4.78 is 35.4. The first-order chi connectivity index (χ1) is 18.0. The van der Waals surface area contributed by atoms with Gasteiger partial charge in [0.2, 0.25) is 17.7 Å². The predicted octanol–water partition coefficient (Wildman–Crippen LogP) is 3.58. The minimum atomic E-state index is -3.13. The summed E-state index contributed by atoms with van der Waals surface area (Å²) in [6, 6.07) is 7.37. The van der Waals surface area contributed by atoms with E-state index in [1.807, 2.05) is 0 Å². The highest BCUT2D eigenvalue weighted by molar-refractivity contribution is 6.02. The summed E-state index contributed by atoms with van der Waals surface area (Å²) in [6.07, 6.45) is 0.869. The quantitative estimate of drug-likeness (QED) is 0.503. The number of primary amides is 1. The molecule has 2 heterocycles. The zero-order chi connectivity index (χ0) is 27.7. The number of alkyl halides is 2. The first kappa shape index (κ1) is 27.6. The van der Waals surface area contributed by atoms with Crippen molar-refractivity contribution in [3.8, 4) is 11.8 Å². The highest BCUT2D eigenvalue weighted by Crippen LogP contribution is 2.50. The number of likely N-dealkylation sites (tertiary alicyclic amines) is 1. The molecular weight excluding hydrogens is 496 g/mol. The fourth-order valence-corrected chi connectivity index (χ4v) is 5.84. The van der Waals surface area contributed by atoms with Gasteiger partial charge in [-0.3, -0.25) is 9.59 Å². The van der Waals surface area contributed by atoms with Crippen molar-refractivity contribution in [1.29, 1.82) is 5.26 Å². The number of nitrogens with zero attached hydrogens (tertiary/aromatic N) is 3. The molecule has 1 aliphatic carbocycles. The second-order valence-electron chi connectivity index (χ2n) is 10.8. The Labute approximate surface area is 221 Å². The number of ether oxygens (including phenoxy) is 1. The lowest BCUT2D eigenvalue weighted by Gasteiger charge is -2.37. The van der Waals surface area contributed by atoms with Crippen LogP contribution in [0.15, 0.2) is 24.3 Å². The minimum Gasteiger partial charge on any atom is -0.497 e. The number of amides is 4. The molecule has 3 aliphatic rings. The van der Waals surface area contributed by atoms with E-state index in [2.05, 4.69) is 11.4 Å². The number of rotatable bonds is 9. The van der Waals surface area contributed by atoms with E-state index in [0.29, 0.717) is 37.1 Å². The zero-order valence-electron chi connectivity index (χ0n) is 21.8. The van der Waals surface area contributed by atoms with Gasteiger partial charge in [-0.05, 0) is 56.4 Å². The summed E-state index contributed by atoms with van der Waals surface area (Å²) in [6.45, 7) is 2.19. The molecule has 3 N–H and O–H groups in total. The number of anilines is 1. The summed E-state index contributed by atoms with van der Waals surface area (Å²) in [7, 11) is 1.51. The number of hydrogen-bond acceptors (Lipinski definition) is 5. The maximum atomic E-state index is 15.1. The van der Waals surface area contributed by atoms with E-state index < -0.39 is 47.2 Å². The number of urea groups is 1. The molecule has 9 nitrogen and oxygen atoms in total. The van der Waals surface area contributed by atoms with Gasteiger partial charge in [-0.1, -0.05) is 13.3 Å². The number of carbonyl (C=O) groups excluding carboxylic acids is 3. The van der Waals surface area contributed by atoms with Crippen LogP contribution in [-0.4, -0.2) is 60.4 Å². The molecule has 3 fully saturated rings. The third kappa shape index (κ3) is 5.40. The average molecular weight is 532 g/mol. The monoisotopic (exact) mass is 531 g/mol. The second kappa shape index (κ2) is 10.4. The molecule has 2 aliphatic heterocycles. The molecule has 0 aromatic heterocycles. The number of nitrogens with two attached hydrogens (primary N) is 1. The Balaban J connectivity index is 1.73. The summed E-state index contributed by atoms with van der Waals surface area (Å²) in [5.41, 5.74) is 3.97. The molecule has 1 aromatic carbocycles. The number of benzene rings is 1. The lowest BCUT2D eigenvalue weighted by molar-refractivity contribution is -0.130. The molecular formula is C27H35F2N5O4. The smallest absolute Gasteiger partial charge is 0.314 e. The lowest BCUT2D eigenvalue weighted by atomic mass is 9.74. The van der Waals surface area contributed by atoms with Crippen LogP contribution in [0.5, 0.6) is 5.75 Å². The fourth-order valence-electron chi connectivity index (χ4n) is 5.84. The minimum absolute atomic E-state index is 0.185. The van der Waals surface area contributed by atoms with Crippen LogP contribution in [0.1, 0.15) is 58.3 Å². The molecule has 4 amide bonds. The zero-order valence-corrected chi connectivity index (χ0v) is 21.8. The molecule has 11 heteroatoms. The molecule has 1 saturated carbocycles. The lowest BCUT2D eigenvalue weighted by Crippen LogP contribution is -2.50. The van der Waals surface area contributed by atoms with E-state index in [4.69, 9.17) is 10.5 Å². The Bertz CT molecular complexity index is 1110. The van der Waals surface area contributed by atoms with E-state index in [0.717, 1.165) is 0 Å². The Kier molecular flexibility index (Phi) is 7.55. The SMILES string of the molecule is CCCC(F)(F)C[C@H](C(=O)NC1(C#N)CC1)C1CC2(CCN(C(N)=O)CC2)C(=O)N1c1ccc(OC)cc1. The number of nitrogens with one attached hydrogen (secondary N) is 1. The van der Waals surface area contributed by atoms with E-state index in [9.17, 15) is 19.6 Å². The fraction of sp³-hybridized carbons (Fsp3) is 0.630. The number of carbonyl (C=O) groups is 3. The van der Waals surface area contributed by atoms with Crippen LogP contribution >= 0.6 is 0 Å². The van der Waals surface area contributed by atoms with Gasteiger partial charge in [0.1, 0.15) is 11.3 Å². The Hall–Kier alpha value is -3.42. The van der Waals surface area contributed by atoms with Crippen LogP contribution in [0.25, 0.3) is 0 Å². The van der Waals surface area contributed by atoms with E-state index in [1.165, 1.54) is 16.9 Å².